The van der Waals surface area contributed by atoms with Gasteiger partial charge in [0.05, 0.1) is 18.9 Å². The minimum atomic E-state index is -3.91. The summed E-state index contributed by atoms with van der Waals surface area (Å²) in [5.41, 5.74) is -2.34. The zero-order chi connectivity index (χ0) is 39.8. The van der Waals surface area contributed by atoms with Crippen molar-refractivity contribution in [1.82, 2.24) is 35.0 Å². The van der Waals surface area contributed by atoms with E-state index in [1.54, 1.807) is 57.1 Å². The summed E-state index contributed by atoms with van der Waals surface area (Å²) in [6.45, 7) is 5.13. The third-order valence-electron chi connectivity index (χ3n) is 10.5. The van der Waals surface area contributed by atoms with Gasteiger partial charge in [-0.25, -0.2) is 17.9 Å². The Kier molecular flexibility index (Phi) is 10.7. The highest BCUT2D eigenvalue weighted by atomic mass is 32.2. The minimum Gasteiger partial charge on any atom is -0.497 e. The Morgan fingerprint density at radius 1 is 1.07 bits per heavy atom. The molecular formula is C39H49N7O9S. The van der Waals surface area contributed by atoms with Crippen molar-refractivity contribution >= 4 is 44.6 Å². The molecule has 4 amide bonds. The number of fused-ring (bicyclic) bond motifs is 3. The second kappa shape index (κ2) is 15.4. The molecule has 300 valence electrons. The van der Waals surface area contributed by atoms with E-state index in [9.17, 15) is 27.6 Å². The Hall–Kier alpha value is -5.19. The number of amides is 4. The van der Waals surface area contributed by atoms with Crippen LogP contribution in [0.15, 0.2) is 54.9 Å². The number of carbonyl (C=O) groups excluding carboxylic acids is 4. The second-order valence-electron chi connectivity index (χ2n) is 16.0. The molecule has 2 aliphatic carbocycles. The van der Waals surface area contributed by atoms with Gasteiger partial charge in [-0.3, -0.25) is 19.1 Å². The van der Waals surface area contributed by atoms with Gasteiger partial charge in [0.25, 0.3) is 5.91 Å². The number of aromatic nitrogens is 3. The van der Waals surface area contributed by atoms with Gasteiger partial charge in [0.1, 0.15) is 35.1 Å². The summed E-state index contributed by atoms with van der Waals surface area (Å²) < 4.78 is 47.1. The monoisotopic (exact) mass is 791 g/mol. The van der Waals surface area contributed by atoms with Crippen molar-refractivity contribution in [3.05, 3.63) is 54.9 Å². The van der Waals surface area contributed by atoms with Gasteiger partial charge in [-0.05, 0) is 95.0 Å². The van der Waals surface area contributed by atoms with E-state index in [4.69, 9.17) is 19.2 Å². The average molecular weight is 792 g/mol. The second-order valence-corrected chi connectivity index (χ2v) is 18.0. The molecule has 3 aromatic rings. The van der Waals surface area contributed by atoms with Crippen LogP contribution in [-0.4, -0.2) is 100 Å². The van der Waals surface area contributed by atoms with E-state index in [2.05, 4.69) is 20.5 Å². The lowest BCUT2D eigenvalue weighted by atomic mass is 10.0. The summed E-state index contributed by atoms with van der Waals surface area (Å²) in [7, 11) is -2.34. The number of hydrogen-bond donors (Lipinski definition) is 3. The molecule has 5 atom stereocenters. The number of benzene rings is 1. The molecule has 56 heavy (non-hydrogen) atoms. The van der Waals surface area contributed by atoms with Crippen LogP contribution in [0.2, 0.25) is 0 Å². The first-order valence-corrected chi connectivity index (χ1v) is 20.7. The summed E-state index contributed by atoms with van der Waals surface area (Å²) in [6.07, 6.45) is 9.93. The maximum atomic E-state index is 14.6. The van der Waals surface area contributed by atoms with Crippen molar-refractivity contribution in [2.45, 2.75) is 113 Å². The van der Waals surface area contributed by atoms with Crippen LogP contribution in [0.4, 0.5) is 4.79 Å². The highest BCUT2D eigenvalue weighted by Gasteiger charge is 2.62. The molecule has 16 nitrogen and oxygen atoms in total. The van der Waals surface area contributed by atoms with Crippen molar-refractivity contribution in [1.29, 1.82) is 0 Å². The highest BCUT2D eigenvalue weighted by Crippen LogP contribution is 2.46. The van der Waals surface area contributed by atoms with Crippen LogP contribution in [0.25, 0.3) is 16.6 Å². The number of carbonyl (C=O) groups is 4. The fourth-order valence-electron chi connectivity index (χ4n) is 7.38. The van der Waals surface area contributed by atoms with Crippen LogP contribution in [0.5, 0.6) is 11.6 Å². The molecule has 2 aliphatic heterocycles. The SMILES string of the molecule is COc1ccc2c(OC3C[C@H]4C(=O)N[C@]5(C(=O)NS(=O)(=O)C6CC6)CC5C=CCCCCC[C@H](NC(=O)OC(C)(C)C)C(=O)N4C3)nc(-n3cccn3)cc2c1. The van der Waals surface area contributed by atoms with E-state index < -0.39 is 74.3 Å². The van der Waals surface area contributed by atoms with E-state index in [1.165, 1.54) is 4.90 Å². The molecule has 3 N–H and O–H groups in total. The Balaban J connectivity index is 1.22. The molecule has 3 fully saturated rings. The summed E-state index contributed by atoms with van der Waals surface area (Å²) in [5, 5.41) is 10.7. The molecule has 1 aromatic carbocycles. The topological polar surface area (TPSA) is 200 Å². The minimum absolute atomic E-state index is 0.0145. The predicted molar refractivity (Wildman–Crippen MR) is 204 cm³/mol. The first-order valence-electron chi connectivity index (χ1n) is 19.2. The summed E-state index contributed by atoms with van der Waals surface area (Å²) in [5.74, 6) is -1.06. The molecule has 2 aromatic heterocycles. The van der Waals surface area contributed by atoms with Gasteiger partial charge in [-0.1, -0.05) is 25.0 Å². The normalized spacial score (nSPS) is 25.9. The van der Waals surface area contributed by atoms with Gasteiger partial charge >= 0.3 is 6.09 Å². The molecule has 4 heterocycles. The number of alkyl carbamates (subject to hydrolysis) is 1. The quantitative estimate of drug-likeness (QED) is 0.281. The van der Waals surface area contributed by atoms with E-state index in [1.807, 2.05) is 30.4 Å². The van der Waals surface area contributed by atoms with Crippen molar-refractivity contribution in [3.8, 4) is 17.4 Å². The number of nitrogens with zero attached hydrogens (tertiary/aromatic N) is 4. The van der Waals surface area contributed by atoms with Gasteiger partial charge in [-0.15, -0.1) is 0 Å². The molecule has 17 heteroatoms. The Bertz CT molecular complexity index is 2130. The summed E-state index contributed by atoms with van der Waals surface area (Å²) >= 11 is 0. The van der Waals surface area contributed by atoms with Crippen molar-refractivity contribution < 1.29 is 41.8 Å². The Morgan fingerprint density at radius 2 is 1.88 bits per heavy atom. The summed E-state index contributed by atoms with van der Waals surface area (Å²) in [6, 6.07) is 6.87. The standard InChI is InChI=1S/C39H49N7O9S/c1-38(2,3)55-37(50)41-30-12-9-7-5-6-8-11-25-22-39(25,36(49)44-56(51,52)28-14-15-28)43-33(47)31-21-27(23-45(31)35(30)48)54-34-29-16-13-26(53-4)19-24(29)20-32(42-34)46-18-10-17-40-46/h8,10-11,13,16-20,25,27-28,30-31H,5-7,9,12,14-15,21-23H2,1-4H3,(H,41,50)(H,43,47)(H,44,49)/t25?,27?,30-,31-,39+/m0/s1. The van der Waals surface area contributed by atoms with E-state index in [-0.39, 0.29) is 25.3 Å². The molecular weight excluding hydrogens is 743 g/mol. The van der Waals surface area contributed by atoms with E-state index in [0.717, 1.165) is 18.2 Å². The van der Waals surface area contributed by atoms with Crippen LogP contribution < -0.4 is 24.8 Å². The predicted octanol–water partition coefficient (Wildman–Crippen LogP) is 3.67. The molecule has 0 radical (unpaired) electrons. The first-order chi connectivity index (χ1) is 26.7. The lowest BCUT2D eigenvalue weighted by molar-refractivity contribution is -0.141. The number of ether oxygens (including phenoxy) is 3. The number of methoxy groups -OCH3 is 1. The number of rotatable bonds is 8. The average Bonchev–Trinajstić information content (AvgIpc) is 4.00. The van der Waals surface area contributed by atoms with Gasteiger partial charge in [0.15, 0.2) is 5.82 Å². The number of pyridine rings is 1. The largest absolute Gasteiger partial charge is 0.497 e. The Labute approximate surface area is 325 Å². The van der Waals surface area contributed by atoms with Crippen LogP contribution in [-0.2, 0) is 29.1 Å². The Morgan fingerprint density at radius 3 is 2.59 bits per heavy atom. The molecule has 0 spiro atoms. The van der Waals surface area contributed by atoms with Crippen LogP contribution in [0.1, 0.15) is 78.6 Å². The number of nitrogens with one attached hydrogen (secondary N) is 3. The third-order valence-corrected chi connectivity index (χ3v) is 12.4. The number of allylic oxidation sites excluding steroid dienone is 1. The van der Waals surface area contributed by atoms with Gasteiger partial charge in [-0.2, -0.15) is 10.1 Å². The lowest BCUT2D eigenvalue weighted by Crippen LogP contribution is -2.58. The fraction of sp³-hybridized carbons (Fsp3) is 0.538. The first kappa shape index (κ1) is 39.1. The molecule has 1 saturated heterocycles. The van der Waals surface area contributed by atoms with Crippen molar-refractivity contribution in [2.75, 3.05) is 13.7 Å². The highest BCUT2D eigenvalue weighted by molar-refractivity contribution is 7.91. The molecule has 2 saturated carbocycles. The van der Waals surface area contributed by atoms with Gasteiger partial charge < -0.3 is 29.7 Å². The third kappa shape index (κ3) is 8.61. The van der Waals surface area contributed by atoms with E-state index in [0.29, 0.717) is 49.1 Å². The van der Waals surface area contributed by atoms with Crippen molar-refractivity contribution in [3.63, 3.8) is 0 Å². The fourth-order valence-corrected chi connectivity index (χ4v) is 8.75. The summed E-state index contributed by atoms with van der Waals surface area (Å²) in [4.78, 5) is 62.0. The number of hydrogen-bond acceptors (Lipinski definition) is 11. The number of sulfonamides is 1. The van der Waals surface area contributed by atoms with Crippen molar-refractivity contribution in [2.24, 2.45) is 5.92 Å². The maximum Gasteiger partial charge on any atom is 0.408 e. The van der Waals surface area contributed by atoms with E-state index >= 15 is 0 Å². The van der Waals surface area contributed by atoms with Crippen LogP contribution in [0, 0.1) is 5.92 Å². The molecule has 0 bridgehead atoms. The van der Waals surface area contributed by atoms with Gasteiger partial charge in [0.2, 0.25) is 27.7 Å². The molecule has 2 unspecified atom stereocenters. The van der Waals surface area contributed by atoms with Gasteiger partial charge in [0, 0.05) is 30.1 Å². The lowest BCUT2D eigenvalue weighted by Gasteiger charge is -2.30. The van der Waals surface area contributed by atoms with Crippen LogP contribution in [0.3, 0.4) is 0 Å². The maximum absolute atomic E-state index is 14.6. The molecule has 7 rings (SSSR count). The zero-order valence-corrected chi connectivity index (χ0v) is 32.8. The van der Waals surface area contributed by atoms with Crippen LogP contribution >= 0.6 is 0 Å². The smallest absolute Gasteiger partial charge is 0.408 e. The molecule has 4 aliphatic rings. The zero-order valence-electron chi connectivity index (χ0n) is 32.0.